The van der Waals surface area contributed by atoms with Gasteiger partial charge >= 0.3 is 17.1 Å². The van der Waals surface area contributed by atoms with Crippen molar-refractivity contribution >= 4 is 17.5 Å². The van der Waals surface area contributed by atoms with E-state index in [-0.39, 0.29) is 35.7 Å². The number of hydrogen-bond acceptors (Lipinski definition) is 14. The number of aliphatic hydroxyl groups excluding tert-OH is 2. The van der Waals surface area contributed by atoms with Gasteiger partial charge in [-0.1, -0.05) is 47.6 Å². The van der Waals surface area contributed by atoms with Crippen molar-refractivity contribution < 1.29 is 37.6 Å². The maximum Gasteiger partial charge on any atom is 0.351 e. The van der Waals surface area contributed by atoms with Crippen LogP contribution >= 0.6 is 0 Å². The van der Waals surface area contributed by atoms with Crippen LogP contribution in [-0.4, -0.2) is 86.9 Å². The Morgan fingerprint density at radius 3 is 1.35 bits per heavy atom. The highest BCUT2D eigenvalue weighted by Gasteiger charge is 2.55. The summed E-state index contributed by atoms with van der Waals surface area (Å²) in [6.45, 7) is 14.3. The third kappa shape index (κ3) is 8.50. The van der Waals surface area contributed by atoms with Crippen molar-refractivity contribution in [2.45, 2.75) is 127 Å². The molecule has 8 N–H and O–H groups in total. The summed E-state index contributed by atoms with van der Waals surface area (Å²) in [7, 11) is 0. The third-order valence-corrected chi connectivity index (χ3v) is 11.6. The lowest BCUT2D eigenvalue weighted by atomic mass is 9.83. The summed E-state index contributed by atoms with van der Waals surface area (Å²) >= 11 is 0. The number of nitrogen functional groups attached to an aromatic ring is 3. The molecule has 6 heterocycles. The molecule has 3 aromatic rings. The standard InChI is InChI=1S/C13H20FN3O2.C13H18FN3O2.C11H16FN3O4/c2*1-4-13(5-2)8(3)10(14)11(19-13)17-7-6-9(15)16-12(17)18;1-2-11(5-16)8(17)7(12)9(19-11)15-4-3-6(13)14-10(15)18/h6-8,10-11H,4-5H2,1-3H3,(H2,15,16,18);4,6-8,10-11H,1,5H2,2-3H3,(H2,15,16,18);3-4,7-9,16-17H,2,5H2,1H3,(H2,13,14,18)/t8-,10+,11+;8-,10+,11+,13+;7-,8+,9-,11-/m001/s1. The van der Waals surface area contributed by atoms with Crippen molar-refractivity contribution in [2.75, 3.05) is 23.8 Å². The second-order valence-electron chi connectivity index (χ2n) is 14.4. The number of aliphatic hydroxyl groups is 2. The molecule has 3 aliphatic heterocycles. The molecule has 3 fully saturated rings. The molecule has 0 saturated carbocycles. The zero-order valence-corrected chi connectivity index (χ0v) is 32.9. The van der Waals surface area contributed by atoms with E-state index in [9.17, 15) is 37.8 Å². The van der Waals surface area contributed by atoms with Gasteiger partial charge in [0.15, 0.2) is 37.2 Å². The van der Waals surface area contributed by atoms with Gasteiger partial charge in [-0.3, -0.25) is 13.7 Å². The number of alkyl halides is 3. The molecule has 0 aliphatic carbocycles. The maximum absolute atomic E-state index is 14.5. The van der Waals surface area contributed by atoms with Crippen LogP contribution in [0.5, 0.6) is 0 Å². The van der Waals surface area contributed by atoms with E-state index in [1.54, 1.807) is 19.9 Å². The van der Waals surface area contributed by atoms with Crippen molar-refractivity contribution in [1.82, 2.24) is 28.7 Å². The van der Waals surface area contributed by atoms with Crippen LogP contribution in [0.3, 0.4) is 0 Å². The maximum atomic E-state index is 14.5. The van der Waals surface area contributed by atoms with Crippen LogP contribution in [0.1, 0.15) is 85.9 Å². The molecular formula is C37H54F3N9O8. The first-order valence-electron chi connectivity index (χ1n) is 18.8. The van der Waals surface area contributed by atoms with Gasteiger partial charge in [0, 0.05) is 30.4 Å². The highest BCUT2D eigenvalue weighted by Crippen LogP contribution is 2.47. The van der Waals surface area contributed by atoms with Crippen molar-refractivity contribution in [3.8, 4) is 0 Å². The molecule has 17 nitrogen and oxygen atoms in total. The predicted octanol–water partition coefficient (Wildman–Crippen LogP) is 2.75. The molecule has 3 aromatic heterocycles. The largest absolute Gasteiger partial charge is 0.393 e. The van der Waals surface area contributed by atoms with Crippen LogP contribution < -0.4 is 34.3 Å². The van der Waals surface area contributed by atoms with Crippen molar-refractivity contribution in [3.05, 3.63) is 80.9 Å². The number of nitrogens with zero attached hydrogens (tertiary/aromatic N) is 6. The Morgan fingerprint density at radius 2 is 1.05 bits per heavy atom. The van der Waals surface area contributed by atoms with Crippen molar-refractivity contribution in [1.29, 1.82) is 0 Å². The molecule has 0 radical (unpaired) electrons. The quantitative estimate of drug-likeness (QED) is 0.195. The first-order valence-corrected chi connectivity index (χ1v) is 18.8. The number of rotatable bonds is 9. The minimum atomic E-state index is -1.84. The smallest absolute Gasteiger partial charge is 0.351 e. The summed E-state index contributed by atoms with van der Waals surface area (Å²) in [5.41, 5.74) is 11.5. The van der Waals surface area contributed by atoms with Crippen LogP contribution in [0.2, 0.25) is 0 Å². The molecule has 0 aromatic carbocycles. The number of halogens is 3. The van der Waals surface area contributed by atoms with Gasteiger partial charge in [0.05, 0.1) is 17.8 Å². The Labute approximate surface area is 327 Å². The lowest BCUT2D eigenvalue weighted by molar-refractivity contribution is -0.130. The monoisotopic (exact) mass is 809 g/mol. The fraction of sp³-hybridized carbons (Fsp3) is 0.622. The molecule has 0 unspecified atom stereocenters. The SMILES string of the molecule is C=C[C@]1(CC)O[C@@H](n2ccc(N)nc2=O)[C@H](F)[C@@H]1C.CCC1(CC)O[C@@H](n2ccc(N)nc2=O)[C@H](F)[C@@H]1C.CC[C@]1(CO)O[C@@H](n2ccc(N)nc2=O)[C@H](F)[C@@H]1O. The summed E-state index contributed by atoms with van der Waals surface area (Å²) in [6, 6.07) is 4.25. The van der Waals surface area contributed by atoms with Crippen LogP contribution in [0.25, 0.3) is 0 Å². The molecular weight excluding hydrogens is 755 g/mol. The first-order chi connectivity index (χ1) is 26.8. The van der Waals surface area contributed by atoms with Gasteiger partial charge in [0.1, 0.15) is 29.2 Å². The summed E-state index contributed by atoms with van der Waals surface area (Å²) in [4.78, 5) is 45.9. The van der Waals surface area contributed by atoms with E-state index in [0.717, 1.165) is 9.13 Å². The average molecular weight is 810 g/mol. The molecule has 316 valence electrons. The molecule has 3 aliphatic rings. The van der Waals surface area contributed by atoms with Gasteiger partial charge in [-0.15, -0.1) is 6.58 Å². The molecule has 3 saturated heterocycles. The fourth-order valence-corrected chi connectivity index (χ4v) is 7.55. The van der Waals surface area contributed by atoms with Crippen LogP contribution in [0.4, 0.5) is 30.6 Å². The number of nitrogens with two attached hydrogens (primary N) is 3. The Kier molecular flexibility index (Phi) is 14.1. The normalized spacial score (nSPS) is 32.9. The summed E-state index contributed by atoms with van der Waals surface area (Å²) in [6.07, 6.45) is -1.22. The zero-order chi connectivity index (χ0) is 42.6. The first kappa shape index (κ1) is 45.1. The van der Waals surface area contributed by atoms with Crippen LogP contribution in [0.15, 0.2) is 63.8 Å². The topological polar surface area (TPSA) is 251 Å². The minimum Gasteiger partial charge on any atom is -0.393 e. The minimum absolute atomic E-state index is 0.0131. The van der Waals surface area contributed by atoms with Gasteiger partial charge in [-0.05, 0) is 43.9 Å². The fourth-order valence-electron chi connectivity index (χ4n) is 7.55. The van der Waals surface area contributed by atoms with Gasteiger partial charge in [0.2, 0.25) is 0 Å². The Morgan fingerprint density at radius 1 is 0.684 bits per heavy atom. The number of aromatic nitrogens is 6. The van der Waals surface area contributed by atoms with Crippen LogP contribution in [0, 0.1) is 11.8 Å². The summed E-state index contributed by atoms with van der Waals surface area (Å²) in [5, 5.41) is 19.2. The van der Waals surface area contributed by atoms with Gasteiger partial charge in [-0.25, -0.2) is 27.6 Å². The highest BCUT2D eigenvalue weighted by molar-refractivity contribution is 5.25. The molecule has 20 heteroatoms. The molecule has 0 amide bonds. The Bertz CT molecular complexity index is 1930. The van der Waals surface area contributed by atoms with Crippen LogP contribution in [-0.2, 0) is 14.2 Å². The Hall–Kier alpha value is -4.63. The number of hydrogen-bond donors (Lipinski definition) is 5. The van der Waals surface area contributed by atoms with E-state index >= 15 is 0 Å². The molecule has 6 rings (SSSR count). The molecule has 0 spiro atoms. The van der Waals surface area contributed by atoms with E-state index in [0.29, 0.717) is 19.3 Å². The van der Waals surface area contributed by atoms with Gasteiger partial charge in [0.25, 0.3) is 0 Å². The lowest BCUT2D eigenvalue weighted by Gasteiger charge is -2.30. The molecule has 11 atom stereocenters. The zero-order valence-electron chi connectivity index (χ0n) is 32.9. The van der Waals surface area contributed by atoms with E-state index in [1.165, 1.54) is 41.4 Å². The predicted molar refractivity (Wildman–Crippen MR) is 205 cm³/mol. The van der Waals surface area contributed by atoms with E-state index in [4.69, 9.17) is 31.4 Å². The van der Waals surface area contributed by atoms with E-state index in [1.807, 2.05) is 27.7 Å². The Balaban J connectivity index is 0.000000189. The summed E-state index contributed by atoms with van der Waals surface area (Å²) < 4.78 is 63.3. The highest BCUT2D eigenvalue weighted by atomic mass is 19.1. The second kappa shape index (κ2) is 17.9. The second-order valence-corrected chi connectivity index (χ2v) is 14.4. The van der Waals surface area contributed by atoms with Gasteiger partial charge < -0.3 is 41.6 Å². The van der Waals surface area contributed by atoms with E-state index < -0.39 is 83.8 Å². The average Bonchev–Trinajstić information content (AvgIpc) is 3.71. The lowest BCUT2D eigenvalue weighted by Crippen LogP contribution is -2.44. The summed E-state index contributed by atoms with van der Waals surface area (Å²) in [5.74, 6) is -0.409. The molecule has 57 heavy (non-hydrogen) atoms. The third-order valence-electron chi connectivity index (χ3n) is 11.6. The van der Waals surface area contributed by atoms with Crippen molar-refractivity contribution in [3.63, 3.8) is 0 Å². The number of anilines is 3. The van der Waals surface area contributed by atoms with Gasteiger partial charge in [-0.2, -0.15) is 15.0 Å². The van der Waals surface area contributed by atoms with E-state index in [2.05, 4.69) is 21.5 Å². The van der Waals surface area contributed by atoms with Crippen molar-refractivity contribution in [2.24, 2.45) is 11.8 Å². The number of ether oxygens (including phenoxy) is 3. The molecule has 0 bridgehead atoms.